The quantitative estimate of drug-likeness (QED) is 0.771. The lowest BCUT2D eigenvalue weighted by molar-refractivity contribution is -0.147. The highest BCUT2D eigenvalue weighted by atomic mass is 32.2. The topological polar surface area (TPSA) is 124 Å². The first-order valence-corrected chi connectivity index (χ1v) is 10.7. The Balaban J connectivity index is 1.69. The second-order valence-electron chi connectivity index (χ2n) is 7.40. The van der Waals surface area contributed by atoms with E-state index >= 15 is 0 Å². The number of amides is 1. The number of carbonyl (C=O) groups is 2. The van der Waals surface area contributed by atoms with Crippen molar-refractivity contribution >= 4 is 21.9 Å². The monoisotopic (exact) mass is 398 g/mol. The summed E-state index contributed by atoms with van der Waals surface area (Å²) in [6.07, 6.45) is 2.16. The third-order valence-corrected chi connectivity index (χ3v) is 7.68. The van der Waals surface area contributed by atoms with Crippen LogP contribution in [0, 0.1) is 25.7 Å². The van der Waals surface area contributed by atoms with E-state index in [-0.39, 0.29) is 23.3 Å². The van der Waals surface area contributed by atoms with E-state index in [9.17, 15) is 18.0 Å². The summed E-state index contributed by atoms with van der Waals surface area (Å²) in [5.41, 5.74) is 0.924. The summed E-state index contributed by atoms with van der Waals surface area (Å²) in [5.74, 6) is -1.67. The number of rotatable bonds is 4. The van der Waals surface area contributed by atoms with E-state index in [2.05, 4.69) is 10.2 Å². The molecule has 0 aromatic carbocycles. The largest absolute Gasteiger partial charge is 0.481 e. The Morgan fingerprint density at radius 3 is 2.33 bits per heavy atom. The molecule has 2 aliphatic rings. The van der Waals surface area contributed by atoms with Crippen LogP contribution in [0.15, 0.2) is 4.90 Å². The number of nitrogens with zero attached hydrogens (tertiary/aromatic N) is 3. The summed E-state index contributed by atoms with van der Waals surface area (Å²) in [6.45, 7) is 4.70. The molecule has 2 saturated heterocycles. The van der Waals surface area contributed by atoms with Gasteiger partial charge >= 0.3 is 5.97 Å². The van der Waals surface area contributed by atoms with Gasteiger partial charge in [-0.1, -0.05) is 0 Å². The van der Waals surface area contributed by atoms with Crippen LogP contribution in [0.25, 0.3) is 0 Å². The number of aromatic nitrogens is 2. The molecule has 1 atom stereocenters. The van der Waals surface area contributed by atoms with Gasteiger partial charge in [0.25, 0.3) is 0 Å². The Morgan fingerprint density at radius 2 is 1.78 bits per heavy atom. The summed E-state index contributed by atoms with van der Waals surface area (Å²) in [5, 5.41) is 15.8. The first kappa shape index (κ1) is 19.8. The first-order chi connectivity index (χ1) is 12.7. The number of H-pyrrole nitrogens is 1. The number of carboxylic acid groups (broad SMARTS) is 1. The molecule has 3 rings (SSSR count). The zero-order valence-electron chi connectivity index (χ0n) is 15.6. The Bertz CT molecular complexity index is 807. The third kappa shape index (κ3) is 3.86. The predicted octanol–water partition coefficient (Wildman–Crippen LogP) is 0.750. The molecule has 2 aliphatic heterocycles. The van der Waals surface area contributed by atoms with Crippen LogP contribution in [0.2, 0.25) is 0 Å². The van der Waals surface area contributed by atoms with E-state index in [1.165, 1.54) is 4.31 Å². The first-order valence-electron chi connectivity index (χ1n) is 9.25. The third-order valence-electron chi connectivity index (χ3n) is 5.55. The van der Waals surface area contributed by atoms with Crippen molar-refractivity contribution in [2.24, 2.45) is 11.8 Å². The second-order valence-corrected chi connectivity index (χ2v) is 9.28. The zero-order chi connectivity index (χ0) is 19.8. The van der Waals surface area contributed by atoms with Crippen LogP contribution in [0.4, 0.5) is 0 Å². The van der Waals surface area contributed by atoms with E-state index < -0.39 is 21.9 Å². The molecule has 1 amide bonds. The van der Waals surface area contributed by atoms with Gasteiger partial charge in [-0.2, -0.15) is 9.40 Å². The van der Waals surface area contributed by atoms with Crippen LogP contribution >= 0.6 is 0 Å². The molecule has 0 aliphatic carbocycles. The fourth-order valence-electron chi connectivity index (χ4n) is 4.02. The van der Waals surface area contributed by atoms with Crippen molar-refractivity contribution in [2.75, 3.05) is 26.2 Å². The molecular weight excluding hydrogens is 372 g/mol. The fourth-order valence-corrected chi connectivity index (χ4v) is 5.87. The van der Waals surface area contributed by atoms with Crippen LogP contribution in [0.3, 0.4) is 0 Å². The van der Waals surface area contributed by atoms with Crippen LogP contribution in [0.1, 0.15) is 37.1 Å². The molecule has 0 bridgehead atoms. The molecule has 0 radical (unpaired) electrons. The van der Waals surface area contributed by atoms with Crippen molar-refractivity contribution in [3.05, 3.63) is 11.4 Å². The number of aromatic amines is 1. The van der Waals surface area contributed by atoms with E-state index in [0.29, 0.717) is 56.7 Å². The van der Waals surface area contributed by atoms with Gasteiger partial charge in [-0.15, -0.1) is 0 Å². The lowest BCUT2D eigenvalue weighted by atomic mass is 9.93. The average Bonchev–Trinajstić information content (AvgIpc) is 3.00. The van der Waals surface area contributed by atoms with Crippen LogP contribution in [-0.4, -0.2) is 71.0 Å². The van der Waals surface area contributed by atoms with Gasteiger partial charge in [0, 0.05) is 26.2 Å². The molecular formula is C17H26N4O5S. The minimum Gasteiger partial charge on any atom is -0.481 e. The highest BCUT2D eigenvalue weighted by Crippen LogP contribution is 2.28. The summed E-state index contributed by atoms with van der Waals surface area (Å²) >= 11 is 0. The number of carbonyl (C=O) groups excluding carboxylic acids is 1. The molecule has 1 unspecified atom stereocenters. The SMILES string of the molecule is Cc1n[nH]c(C)c1S(=O)(=O)N1CCCC(C(=O)N2CCC(C(=O)O)CC2)C1. The van der Waals surface area contributed by atoms with Crippen molar-refractivity contribution in [3.63, 3.8) is 0 Å². The molecule has 9 nitrogen and oxygen atoms in total. The number of aliphatic carboxylic acids is 1. The van der Waals surface area contributed by atoms with Gasteiger partial charge in [-0.25, -0.2) is 8.42 Å². The Kier molecular flexibility index (Phi) is 5.57. The lowest BCUT2D eigenvalue weighted by Crippen LogP contribution is -2.49. The maximum atomic E-state index is 13.0. The number of piperidine rings is 2. The van der Waals surface area contributed by atoms with E-state index in [0.717, 1.165) is 0 Å². The number of aryl methyl sites for hydroxylation is 2. The Labute approximate surface area is 158 Å². The van der Waals surface area contributed by atoms with E-state index in [1.807, 2.05) is 0 Å². The Hall–Kier alpha value is -1.94. The molecule has 2 fully saturated rings. The number of hydrogen-bond acceptors (Lipinski definition) is 5. The molecule has 2 N–H and O–H groups in total. The molecule has 1 aromatic rings. The highest BCUT2D eigenvalue weighted by molar-refractivity contribution is 7.89. The van der Waals surface area contributed by atoms with Gasteiger partial charge in [0.1, 0.15) is 4.90 Å². The summed E-state index contributed by atoms with van der Waals surface area (Å²) in [7, 11) is -3.71. The van der Waals surface area contributed by atoms with Crippen molar-refractivity contribution in [2.45, 2.75) is 44.4 Å². The summed E-state index contributed by atoms with van der Waals surface area (Å²) < 4.78 is 27.4. The van der Waals surface area contributed by atoms with Crippen molar-refractivity contribution < 1.29 is 23.1 Å². The Morgan fingerprint density at radius 1 is 1.11 bits per heavy atom. The standard InChI is InChI=1S/C17H26N4O5S/c1-11-15(12(2)19-18-11)27(25,26)21-7-3-4-14(10-21)16(22)20-8-5-13(6-9-20)17(23)24/h13-14H,3-10H2,1-2H3,(H,18,19)(H,23,24). The van der Waals surface area contributed by atoms with Gasteiger partial charge in [0.05, 0.1) is 23.2 Å². The van der Waals surface area contributed by atoms with E-state index in [1.54, 1.807) is 18.7 Å². The average molecular weight is 398 g/mol. The van der Waals surface area contributed by atoms with Gasteiger partial charge in [0.2, 0.25) is 15.9 Å². The summed E-state index contributed by atoms with van der Waals surface area (Å²) in [4.78, 5) is 25.8. The summed E-state index contributed by atoms with van der Waals surface area (Å²) in [6, 6.07) is 0. The smallest absolute Gasteiger partial charge is 0.306 e. The van der Waals surface area contributed by atoms with Gasteiger partial charge in [0.15, 0.2) is 0 Å². The number of hydrogen-bond donors (Lipinski definition) is 2. The lowest BCUT2D eigenvalue weighted by Gasteiger charge is -2.36. The van der Waals surface area contributed by atoms with Crippen molar-refractivity contribution in [1.82, 2.24) is 19.4 Å². The fraction of sp³-hybridized carbons (Fsp3) is 0.706. The number of likely N-dealkylation sites (tertiary alicyclic amines) is 1. The second kappa shape index (κ2) is 7.59. The minimum absolute atomic E-state index is 0.0700. The molecule has 0 saturated carbocycles. The van der Waals surface area contributed by atoms with Crippen LogP contribution in [-0.2, 0) is 19.6 Å². The normalized spacial score (nSPS) is 22.7. The van der Waals surface area contributed by atoms with Crippen molar-refractivity contribution in [1.29, 1.82) is 0 Å². The van der Waals surface area contributed by atoms with E-state index in [4.69, 9.17) is 5.11 Å². The maximum absolute atomic E-state index is 13.0. The zero-order valence-corrected chi connectivity index (χ0v) is 16.5. The van der Waals surface area contributed by atoms with Crippen LogP contribution < -0.4 is 0 Å². The maximum Gasteiger partial charge on any atom is 0.306 e. The van der Waals surface area contributed by atoms with Gasteiger partial charge in [-0.3, -0.25) is 14.7 Å². The molecule has 10 heteroatoms. The number of nitrogens with one attached hydrogen (secondary N) is 1. The predicted molar refractivity (Wildman–Crippen MR) is 96.5 cm³/mol. The molecule has 27 heavy (non-hydrogen) atoms. The molecule has 150 valence electrons. The van der Waals surface area contributed by atoms with Crippen molar-refractivity contribution in [3.8, 4) is 0 Å². The van der Waals surface area contributed by atoms with Crippen LogP contribution in [0.5, 0.6) is 0 Å². The number of carboxylic acids is 1. The van der Waals surface area contributed by atoms with Gasteiger partial charge < -0.3 is 10.0 Å². The molecule has 3 heterocycles. The molecule has 0 spiro atoms. The molecule has 1 aromatic heterocycles. The van der Waals surface area contributed by atoms with Gasteiger partial charge in [-0.05, 0) is 39.5 Å². The minimum atomic E-state index is -3.71. The number of sulfonamides is 1. The highest BCUT2D eigenvalue weighted by Gasteiger charge is 2.38.